The maximum Gasteiger partial charge on any atom is 0.0766 e. The molecule has 2 heterocycles. The van der Waals surface area contributed by atoms with Crippen molar-refractivity contribution in [2.75, 3.05) is 6.54 Å². The average Bonchev–Trinajstić information content (AvgIpc) is 3.02. The lowest BCUT2D eigenvalue weighted by molar-refractivity contribution is 0.504. The number of nitrogens with zero attached hydrogens (tertiary/aromatic N) is 2. The molecule has 0 aliphatic rings. The van der Waals surface area contributed by atoms with Crippen molar-refractivity contribution in [2.24, 2.45) is 7.05 Å². The number of aryl methyl sites for hydroxylation is 2. The Morgan fingerprint density at radius 2 is 2.20 bits per heavy atom. The first-order chi connectivity index (χ1) is 9.65. The third-order valence-corrected chi connectivity index (χ3v) is 5.15. The van der Waals surface area contributed by atoms with E-state index in [1.807, 2.05) is 11.7 Å². The molecule has 0 aliphatic carbocycles. The Labute approximate surface area is 133 Å². The van der Waals surface area contributed by atoms with Gasteiger partial charge in [-0.05, 0) is 57.7 Å². The van der Waals surface area contributed by atoms with Crippen LogP contribution in [0.2, 0.25) is 0 Å². The molecule has 2 rings (SSSR count). The summed E-state index contributed by atoms with van der Waals surface area (Å²) >= 11 is 5.48. The van der Waals surface area contributed by atoms with Crippen LogP contribution in [0, 0.1) is 0 Å². The highest BCUT2D eigenvalue weighted by Gasteiger charge is 2.17. The van der Waals surface area contributed by atoms with Gasteiger partial charge in [-0.15, -0.1) is 0 Å². The van der Waals surface area contributed by atoms with Crippen LogP contribution < -0.4 is 5.32 Å². The largest absolute Gasteiger partial charge is 0.314 e. The minimum Gasteiger partial charge on any atom is -0.314 e. The van der Waals surface area contributed by atoms with Crippen molar-refractivity contribution in [1.29, 1.82) is 0 Å². The Morgan fingerprint density at radius 1 is 1.40 bits per heavy atom. The first-order valence-electron chi connectivity index (χ1n) is 7.10. The van der Waals surface area contributed by atoms with Crippen molar-refractivity contribution in [3.8, 4) is 0 Å². The molecule has 0 amide bonds. The van der Waals surface area contributed by atoms with Crippen LogP contribution in [0.1, 0.15) is 30.8 Å². The molecule has 5 heteroatoms. The SMILES string of the molecule is CCNC(Cc1ccsc1)Cc1c(Br)c(CC)nn1C. The molecule has 1 atom stereocenters. The molecule has 110 valence electrons. The van der Waals surface area contributed by atoms with Gasteiger partial charge < -0.3 is 5.32 Å². The van der Waals surface area contributed by atoms with Gasteiger partial charge in [0.2, 0.25) is 0 Å². The van der Waals surface area contributed by atoms with Gasteiger partial charge in [0.05, 0.1) is 15.9 Å². The topological polar surface area (TPSA) is 29.9 Å². The van der Waals surface area contributed by atoms with Gasteiger partial charge in [0.25, 0.3) is 0 Å². The van der Waals surface area contributed by atoms with E-state index in [1.54, 1.807) is 11.3 Å². The molecule has 1 unspecified atom stereocenters. The van der Waals surface area contributed by atoms with Crippen LogP contribution >= 0.6 is 27.3 Å². The summed E-state index contributed by atoms with van der Waals surface area (Å²) in [5, 5.41) is 12.6. The second-order valence-electron chi connectivity index (χ2n) is 4.98. The Hall–Kier alpha value is -0.650. The maximum absolute atomic E-state index is 4.58. The molecule has 2 aromatic heterocycles. The van der Waals surface area contributed by atoms with Gasteiger partial charge in [0, 0.05) is 19.5 Å². The molecule has 3 nitrogen and oxygen atoms in total. The first kappa shape index (κ1) is 15.7. The van der Waals surface area contributed by atoms with Crippen LogP contribution in [0.5, 0.6) is 0 Å². The number of hydrogen-bond donors (Lipinski definition) is 1. The Balaban J connectivity index is 2.13. The van der Waals surface area contributed by atoms with Gasteiger partial charge in [0.15, 0.2) is 0 Å². The number of nitrogens with one attached hydrogen (secondary N) is 1. The fraction of sp³-hybridized carbons (Fsp3) is 0.533. The standard InChI is InChI=1S/C15H22BrN3S/c1-4-13-15(16)14(19(3)18-13)9-12(17-5-2)8-11-6-7-20-10-11/h6-7,10,12,17H,4-5,8-9H2,1-3H3. The molecule has 0 aliphatic heterocycles. The number of rotatable bonds is 7. The van der Waals surface area contributed by atoms with Crippen LogP contribution in [0.4, 0.5) is 0 Å². The molecule has 0 fully saturated rings. The van der Waals surface area contributed by atoms with Crippen molar-refractivity contribution in [1.82, 2.24) is 15.1 Å². The summed E-state index contributed by atoms with van der Waals surface area (Å²) in [6, 6.07) is 2.66. The summed E-state index contributed by atoms with van der Waals surface area (Å²) in [5.74, 6) is 0. The molecule has 0 radical (unpaired) electrons. The van der Waals surface area contributed by atoms with Gasteiger partial charge in [-0.25, -0.2) is 0 Å². The van der Waals surface area contributed by atoms with Crippen molar-refractivity contribution in [3.63, 3.8) is 0 Å². The lowest BCUT2D eigenvalue weighted by Gasteiger charge is -2.17. The highest BCUT2D eigenvalue weighted by Crippen LogP contribution is 2.23. The van der Waals surface area contributed by atoms with Crippen molar-refractivity contribution < 1.29 is 0 Å². The lowest BCUT2D eigenvalue weighted by Crippen LogP contribution is -2.33. The fourth-order valence-corrected chi connectivity index (χ4v) is 3.93. The van der Waals surface area contributed by atoms with E-state index in [-0.39, 0.29) is 0 Å². The van der Waals surface area contributed by atoms with E-state index in [1.165, 1.54) is 15.7 Å². The number of hydrogen-bond acceptors (Lipinski definition) is 3. The monoisotopic (exact) mass is 355 g/mol. The predicted molar refractivity (Wildman–Crippen MR) is 89.5 cm³/mol. The van der Waals surface area contributed by atoms with Gasteiger partial charge in [-0.2, -0.15) is 16.4 Å². The van der Waals surface area contributed by atoms with E-state index in [0.717, 1.165) is 31.5 Å². The third kappa shape index (κ3) is 3.71. The van der Waals surface area contributed by atoms with E-state index in [0.29, 0.717) is 6.04 Å². The zero-order chi connectivity index (χ0) is 14.5. The fourth-order valence-electron chi connectivity index (χ4n) is 2.47. The third-order valence-electron chi connectivity index (χ3n) is 3.50. The normalized spacial score (nSPS) is 12.8. The van der Waals surface area contributed by atoms with E-state index < -0.39 is 0 Å². The lowest BCUT2D eigenvalue weighted by atomic mass is 10.0. The highest BCUT2D eigenvalue weighted by molar-refractivity contribution is 9.10. The quantitative estimate of drug-likeness (QED) is 0.822. The van der Waals surface area contributed by atoms with Crippen LogP contribution in [0.25, 0.3) is 0 Å². The second kappa shape index (κ2) is 7.38. The van der Waals surface area contributed by atoms with E-state index in [9.17, 15) is 0 Å². The average molecular weight is 356 g/mol. The molecular formula is C15H22BrN3S. The second-order valence-corrected chi connectivity index (χ2v) is 6.55. The van der Waals surface area contributed by atoms with E-state index >= 15 is 0 Å². The summed E-state index contributed by atoms with van der Waals surface area (Å²) in [6.45, 7) is 5.30. The molecule has 20 heavy (non-hydrogen) atoms. The number of likely N-dealkylation sites (N-methyl/N-ethyl adjacent to an activating group) is 1. The molecular weight excluding hydrogens is 334 g/mol. The summed E-state index contributed by atoms with van der Waals surface area (Å²) in [4.78, 5) is 0. The maximum atomic E-state index is 4.58. The first-order valence-corrected chi connectivity index (χ1v) is 8.83. The number of halogens is 1. The van der Waals surface area contributed by atoms with Gasteiger partial charge in [-0.3, -0.25) is 4.68 Å². The number of aromatic nitrogens is 2. The van der Waals surface area contributed by atoms with Crippen LogP contribution in [-0.2, 0) is 26.3 Å². The van der Waals surface area contributed by atoms with Gasteiger partial charge in [0.1, 0.15) is 0 Å². The minimum atomic E-state index is 0.450. The van der Waals surface area contributed by atoms with Crippen molar-refractivity contribution in [3.05, 3.63) is 38.3 Å². The highest BCUT2D eigenvalue weighted by atomic mass is 79.9. The summed E-state index contributed by atoms with van der Waals surface area (Å²) < 4.78 is 3.19. The smallest absolute Gasteiger partial charge is 0.0766 e. The Bertz CT molecular complexity index is 534. The summed E-state index contributed by atoms with van der Waals surface area (Å²) in [6.07, 6.45) is 3.02. The van der Waals surface area contributed by atoms with Crippen LogP contribution in [0.15, 0.2) is 21.3 Å². The van der Waals surface area contributed by atoms with E-state index in [2.05, 4.69) is 57.0 Å². The molecule has 2 aromatic rings. The molecule has 0 bridgehead atoms. The van der Waals surface area contributed by atoms with Crippen LogP contribution in [-0.4, -0.2) is 22.4 Å². The van der Waals surface area contributed by atoms with Crippen molar-refractivity contribution in [2.45, 2.75) is 39.2 Å². The minimum absolute atomic E-state index is 0.450. The van der Waals surface area contributed by atoms with Gasteiger partial charge in [-0.1, -0.05) is 13.8 Å². The van der Waals surface area contributed by atoms with E-state index in [4.69, 9.17) is 0 Å². The Kier molecular flexibility index (Phi) is 5.81. The zero-order valence-corrected chi connectivity index (χ0v) is 14.7. The Morgan fingerprint density at radius 3 is 2.75 bits per heavy atom. The molecule has 0 spiro atoms. The number of thiophene rings is 1. The predicted octanol–water partition coefficient (Wildman–Crippen LogP) is 3.57. The van der Waals surface area contributed by atoms with Gasteiger partial charge >= 0.3 is 0 Å². The van der Waals surface area contributed by atoms with Crippen molar-refractivity contribution >= 4 is 27.3 Å². The molecule has 0 aromatic carbocycles. The molecule has 1 N–H and O–H groups in total. The summed E-state index contributed by atoms with van der Waals surface area (Å²) in [7, 11) is 2.03. The van der Waals surface area contributed by atoms with Crippen LogP contribution in [0.3, 0.4) is 0 Å². The molecule has 0 saturated heterocycles. The molecule has 0 saturated carbocycles. The summed E-state index contributed by atoms with van der Waals surface area (Å²) in [5.41, 5.74) is 3.84. The zero-order valence-electron chi connectivity index (χ0n) is 12.3.